The summed E-state index contributed by atoms with van der Waals surface area (Å²) in [5, 5.41) is 6.34. The van der Waals surface area contributed by atoms with Crippen LogP contribution < -0.4 is 5.56 Å². The lowest BCUT2D eigenvalue weighted by molar-refractivity contribution is 0.631. The van der Waals surface area contributed by atoms with Gasteiger partial charge in [0, 0.05) is 0 Å². The molecule has 0 amide bonds. The number of benzene rings is 1. The molecule has 0 radical (unpaired) electrons. The van der Waals surface area contributed by atoms with Gasteiger partial charge < -0.3 is 0 Å². The summed E-state index contributed by atoms with van der Waals surface area (Å²) in [6.45, 7) is 0. The maximum absolute atomic E-state index is 13.6. The molecule has 3 nitrogen and oxygen atoms in total. The van der Waals surface area contributed by atoms with Crippen LogP contribution in [0.1, 0.15) is 0 Å². The first kappa shape index (κ1) is 9.79. The second kappa shape index (κ2) is 3.43. The number of H-pyrrole nitrogens is 1. The van der Waals surface area contributed by atoms with Gasteiger partial charge in [0.1, 0.15) is 10.4 Å². The van der Waals surface area contributed by atoms with E-state index in [2.05, 4.69) is 42.1 Å². The van der Waals surface area contributed by atoms with Crippen LogP contribution in [0.3, 0.4) is 0 Å². The number of nitrogens with one attached hydrogen (secondary N) is 1. The highest BCUT2D eigenvalue weighted by atomic mass is 79.9. The van der Waals surface area contributed by atoms with Crippen molar-refractivity contribution < 1.29 is 4.39 Å². The van der Waals surface area contributed by atoms with Crippen LogP contribution >= 0.6 is 31.9 Å². The van der Waals surface area contributed by atoms with E-state index in [9.17, 15) is 9.18 Å². The molecule has 0 fully saturated rings. The Labute approximate surface area is 94.6 Å². The summed E-state index contributed by atoms with van der Waals surface area (Å²) in [5.74, 6) is -0.493. The molecule has 14 heavy (non-hydrogen) atoms. The SMILES string of the molecule is O=c1[nH]nc(Br)c2c(F)c(Br)ccc12. The fourth-order valence-corrected chi connectivity index (χ4v) is 1.96. The van der Waals surface area contributed by atoms with Crippen LogP contribution in [0.5, 0.6) is 0 Å². The Bertz CT molecular complexity index is 567. The standard InChI is InChI=1S/C8H3Br2FN2O/c9-4-2-1-3-5(6(4)11)7(10)12-13-8(3)14/h1-2H,(H,13,14). The van der Waals surface area contributed by atoms with Crippen LogP contribution in [0.25, 0.3) is 10.8 Å². The van der Waals surface area contributed by atoms with Gasteiger partial charge in [-0.15, -0.1) is 0 Å². The molecule has 72 valence electrons. The molecule has 0 aliphatic carbocycles. The fourth-order valence-electron chi connectivity index (χ4n) is 1.16. The number of aromatic nitrogens is 2. The first-order chi connectivity index (χ1) is 6.61. The maximum Gasteiger partial charge on any atom is 0.272 e. The van der Waals surface area contributed by atoms with Crippen molar-refractivity contribution in [1.29, 1.82) is 0 Å². The van der Waals surface area contributed by atoms with Crippen molar-refractivity contribution in [3.63, 3.8) is 0 Å². The van der Waals surface area contributed by atoms with Crippen molar-refractivity contribution >= 4 is 42.6 Å². The summed E-state index contributed by atoms with van der Waals surface area (Å²) in [6.07, 6.45) is 0. The van der Waals surface area contributed by atoms with Gasteiger partial charge in [0.2, 0.25) is 0 Å². The highest BCUT2D eigenvalue weighted by molar-refractivity contribution is 9.11. The number of fused-ring (bicyclic) bond motifs is 1. The molecule has 0 aliphatic rings. The molecule has 0 atom stereocenters. The highest BCUT2D eigenvalue weighted by Crippen LogP contribution is 2.26. The quantitative estimate of drug-likeness (QED) is 0.810. The summed E-state index contributed by atoms with van der Waals surface area (Å²) in [4.78, 5) is 11.3. The summed E-state index contributed by atoms with van der Waals surface area (Å²) >= 11 is 6.11. The van der Waals surface area contributed by atoms with Crippen molar-refractivity contribution in [2.75, 3.05) is 0 Å². The van der Waals surface area contributed by atoms with Gasteiger partial charge >= 0.3 is 0 Å². The molecule has 6 heteroatoms. The van der Waals surface area contributed by atoms with Gasteiger partial charge in [-0.2, -0.15) is 5.10 Å². The average Bonchev–Trinajstić information content (AvgIpc) is 2.16. The second-order valence-electron chi connectivity index (χ2n) is 2.63. The van der Waals surface area contributed by atoms with E-state index < -0.39 is 11.4 Å². The van der Waals surface area contributed by atoms with Crippen LogP contribution in [0.2, 0.25) is 0 Å². The van der Waals surface area contributed by atoms with Gasteiger partial charge in [-0.25, -0.2) is 9.49 Å². The lowest BCUT2D eigenvalue weighted by atomic mass is 10.2. The maximum atomic E-state index is 13.6. The van der Waals surface area contributed by atoms with E-state index in [1.54, 1.807) is 0 Å². The van der Waals surface area contributed by atoms with Crippen molar-refractivity contribution in [3.8, 4) is 0 Å². The third-order valence-electron chi connectivity index (χ3n) is 1.80. The molecule has 1 aromatic heterocycles. The minimum absolute atomic E-state index is 0.183. The Morgan fingerprint density at radius 1 is 1.36 bits per heavy atom. The van der Waals surface area contributed by atoms with Gasteiger partial charge in [-0.05, 0) is 44.0 Å². The molecule has 1 N–H and O–H groups in total. The van der Waals surface area contributed by atoms with Gasteiger partial charge in [-0.3, -0.25) is 4.79 Å². The number of halogens is 3. The fraction of sp³-hybridized carbons (Fsp3) is 0. The monoisotopic (exact) mass is 320 g/mol. The molecule has 1 aromatic carbocycles. The van der Waals surface area contributed by atoms with Gasteiger partial charge in [-0.1, -0.05) is 0 Å². The van der Waals surface area contributed by atoms with Crippen molar-refractivity contribution in [2.24, 2.45) is 0 Å². The Hall–Kier alpha value is -0.750. The van der Waals surface area contributed by atoms with Crippen LogP contribution in [-0.4, -0.2) is 10.2 Å². The zero-order valence-corrected chi connectivity index (χ0v) is 9.82. The molecule has 0 spiro atoms. The van der Waals surface area contributed by atoms with E-state index in [0.29, 0.717) is 4.47 Å². The van der Waals surface area contributed by atoms with E-state index in [1.165, 1.54) is 12.1 Å². The zero-order chi connectivity index (χ0) is 10.3. The summed E-state index contributed by atoms with van der Waals surface area (Å²) in [6, 6.07) is 3.02. The lowest BCUT2D eigenvalue weighted by Crippen LogP contribution is -2.09. The summed E-state index contributed by atoms with van der Waals surface area (Å²) in [7, 11) is 0. The predicted molar refractivity (Wildman–Crippen MR) is 57.7 cm³/mol. The van der Waals surface area contributed by atoms with Crippen molar-refractivity contribution in [1.82, 2.24) is 10.2 Å². The van der Waals surface area contributed by atoms with E-state index in [1.807, 2.05) is 0 Å². The summed E-state index contributed by atoms with van der Waals surface area (Å²) in [5.41, 5.74) is -0.408. The van der Waals surface area contributed by atoms with E-state index in [0.717, 1.165) is 0 Å². The van der Waals surface area contributed by atoms with Crippen molar-refractivity contribution in [3.05, 3.63) is 37.4 Å². The minimum atomic E-state index is -0.493. The average molecular weight is 322 g/mol. The Morgan fingerprint density at radius 2 is 2.07 bits per heavy atom. The molecule has 1 heterocycles. The molecule has 0 saturated carbocycles. The largest absolute Gasteiger partial charge is 0.272 e. The lowest BCUT2D eigenvalue weighted by Gasteiger charge is -2.01. The van der Waals surface area contributed by atoms with Crippen LogP contribution in [0.15, 0.2) is 26.0 Å². The molecule has 0 unspecified atom stereocenters. The highest BCUT2D eigenvalue weighted by Gasteiger charge is 2.11. The molecule has 0 aliphatic heterocycles. The third kappa shape index (κ3) is 1.38. The third-order valence-corrected chi connectivity index (χ3v) is 2.99. The number of hydrogen-bond acceptors (Lipinski definition) is 2. The van der Waals surface area contributed by atoms with Crippen LogP contribution in [0.4, 0.5) is 4.39 Å². The van der Waals surface area contributed by atoms with Crippen molar-refractivity contribution in [2.45, 2.75) is 0 Å². The van der Waals surface area contributed by atoms with Gasteiger partial charge in [0.25, 0.3) is 5.56 Å². The number of aromatic amines is 1. The first-order valence-corrected chi connectivity index (χ1v) is 5.21. The topological polar surface area (TPSA) is 45.8 Å². The van der Waals surface area contributed by atoms with E-state index in [-0.39, 0.29) is 15.4 Å². The Balaban J connectivity index is 3.09. The number of rotatable bonds is 0. The van der Waals surface area contributed by atoms with Gasteiger partial charge in [0.05, 0.1) is 15.2 Å². The molecular formula is C8H3Br2FN2O. The molecule has 0 saturated heterocycles. The molecule has 0 bridgehead atoms. The second-order valence-corrected chi connectivity index (χ2v) is 4.23. The first-order valence-electron chi connectivity index (χ1n) is 3.63. The van der Waals surface area contributed by atoms with E-state index in [4.69, 9.17) is 0 Å². The predicted octanol–water partition coefficient (Wildman–Crippen LogP) is 2.59. The number of hydrogen-bond donors (Lipinski definition) is 1. The Kier molecular flexibility index (Phi) is 2.40. The smallest absolute Gasteiger partial charge is 0.267 e. The number of nitrogens with zero attached hydrogens (tertiary/aromatic N) is 1. The van der Waals surface area contributed by atoms with Gasteiger partial charge in [0.15, 0.2) is 0 Å². The molecule has 2 rings (SSSR count). The van der Waals surface area contributed by atoms with Crippen LogP contribution in [0, 0.1) is 5.82 Å². The minimum Gasteiger partial charge on any atom is -0.267 e. The molecule has 2 aromatic rings. The summed E-state index contributed by atoms with van der Waals surface area (Å²) < 4.78 is 14.2. The molecular weight excluding hydrogens is 319 g/mol. The van der Waals surface area contributed by atoms with E-state index >= 15 is 0 Å². The Morgan fingerprint density at radius 3 is 2.79 bits per heavy atom. The normalized spacial score (nSPS) is 10.8. The van der Waals surface area contributed by atoms with Crippen LogP contribution in [-0.2, 0) is 0 Å². The zero-order valence-electron chi connectivity index (χ0n) is 6.64.